The number of benzene rings is 1. The molecule has 0 spiro atoms. The first-order valence-corrected chi connectivity index (χ1v) is 5.28. The first-order chi connectivity index (χ1) is 6.55. The molecule has 1 atom stereocenters. The van der Waals surface area contributed by atoms with Crippen LogP contribution in [0.1, 0.15) is 31.9 Å². The molecule has 0 radical (unpaired) electrons. The molecule has 2 rings (SSSR count). The first kappa shape index (κ1) is 9.57. The highest BCUT2D eigenvalue weighted by atomic mass is 16.5. The summed E-state index contributed by atoms with van der Waals surface area (Å²) < 4.78 is 5.76. The van der Waals surface area contributed by atoms with E-state index in [1.165, 1.54) is 11.1 Å². The monoisotopic (exact) mass is 190 g/mol. The average Bonchev–Trinajstić information content (AvgIpc) is 2.47. The zero-order chi connectivity index (χ0) is 10.3. The van der Waals surface area contributed by atoms with Gasteiger partial charge in [-0.3, -0.25) is 0 Å². The molecular formula is C13H18O. The smallest absolute Gasteiger partial charge is 0.123 e. The van der Waals surface area contributed by atoms with Gasteiger partial charge in [-0.1, -0.05) is 32.9 Å². The van der Waals surface area contributed by atoms with Crippen LogP contribution in [0, 0.1) is 12.8 Å². The predicted octanol–water partition coefficient (Wildman–Crippen LogP) is 3.30. The van der Waals surface area contributed by atoms with Crippen LogP contribution in [0.4, 0.5) is 0 Å². The number of ether oxygens (including phenoxy) is 1. The first-order valence-electron chi connectivity index (χ1n) is 5.28. The van der Waals surface area contributed by atoms with Gasteiger partial charge in [0, 0.05) is 11.0 Å². The van der Waals surface area contributed by atoms with E-state index in [0.29, 0.717) is 5.92 Å². The summed E-state index contributed by atoms with van der Waals surface area (Å²) in [7, 11) is 0. The number of hydrogen-bond acceptors (Lipinski definition) is 1. The van der Waals surface area contributed by atoms with Gasteiger partial charge in [0.1, 0.15) is 5.75 Å². The standard InChI is InChI=1S/C13H18O/c1-9(2)13(4)8-14-11-7-5-6-10(3)12(11)13/h5-7,9H,8H2,1-4H3. The Labute approximate surface area is 86.1 Å². The molecule has 0 saturated heterocycles. The number of hydrogen-bond donors (Lipinski definition) is 0. The lowest BCUT2D eigenvalue weighted by Gasteiger charge is -2.28. The third-order valence-corrected chi connectivity index (χ3v) is 3.61. The maximum atomic E-state index is 5.76. The molecule has 1 unspecified atom stereocenters. The van der Waals surface area contributed by atoms with Crippen molar-refractivity contribution in [2.75, 3.05) is 6.61 Å². The summed E-state index contributed by atoms with van der Waals surface area (Å²) in [5.41, 5.74) is 2.96. The van der Waals surface area contributed by atoms with Crippen molar-refractivity contribution >= 4 is 0 Å². The fraction of sp³-hybridized carbons (Fsp3) is 0.538. The molecule has 1 aliphatic heterocycles. The van der Waals surface area contributed by atoms with Gasteiger partial charge in [-0.2, -0.15) is 0 Å². The molecular weight excluding hydrogens is 172 g/mol. The van der Waals surface area contributed by atoms with Crippen LogP contribution < -0.4 is 4.74 Å². The lowest BCUT2D eigenvalue weighted by Crippen LogP contribution is -2.30. The Kier molecular flexibility index (Phi) is 2.06. The van der Waals surface area contributed by atoms with Crippen LogP contribution in [0.3, 0.4) is 0 Å². The van der Waals surface area contributed by atoms with Gasteiger partial charge < -0.3 is 4.74 Å². The van der Waals surface area contributed by atoms with Crippen LogP contribution in [-0.2, 0) is 5.41 Å². The van der Waals surface area contributed by atoms with E-state index in [0.717, 1.165) is 12.4 Å². The van der Waals surface area contributed by atoms with Crippen LogP contribution in [0.2, 0.25) is 0 Å². The Morgan fingerprint density at radius 2 is 2.07 bits per heavy atom. The molecule has 1 aromatic carbocycles. The minimum atomic E-state index is 0.195. The van der Waals surface area contributed by atoms with E-state index in [9.17, 15) is 0 Å². The van der Waals surface area contributed by atoms with Gasteiger partial charge in [0.2, 0.25) is 0 Å². The van der Waals surface area contributed by atoms with E-state index in [4.69, 9.17) is 4.74 Å². The summed E-state index contributed by atoms with van der Waals surface area (Å²) in [6.07, 6.45) is 0. The molecule has 0 N–H and O–H groups in total. The predicted molar refractivity (Wildman–Crippen MR) is 58.9 cm³/mol. The van der Waals surface area contributed by atoms with Crippen LogP contribution in [0.15, 0.2) is 18.2 Å². The minimum Gasteiger partial charge on any atom is -0.492 e. The Balaban J connectivity index is 2.58. The molecule has 0 bridgehead atoms. The van der Waals surface area contributed by atoms with Crippen LogP contribution in [0.25, 0.3) is 0 Å². The Hall–Kier alpha value is -0.980. The van der Waals surface area contributed by atoms with Gasteiger partial charge in [0.15, 0.2) is 0 Å². The molecule has 1 heteroatoms. The van der Waals surface area contributed by atoms with E-state index in [2.05, 4.69) is 45.9 Å². The molecule has 0 amide bonds. The zero-order valence-corrected chi connectivity index (χ0v) is 9.42. The van der Waals surface area contributed by atoms with Crippen molar-refractivity contribution in [2.45, 2.75) is 33.1 Å². The lowest BCUT2D eigenvalue weighted by atomic mass is 9.73. The van der Waals surface area contributed by atoms with Gasteiger partial charge in [-0.15, -0.1) is 0 Å². The van der Waals surface area contributed by atoms with Crippen molar-refractivity contribution in [2.24, 2.45) is 5.92 Å². The zero-order valence-electron chi connectivity index (χ0n) is 9.42. The highest BCUT2D eigenvalue weighted by Crippen LogP contribution is 2.44. The second-order valence-electron chi connectivity index (χ2n) is 4.81. The number of rotatable bonds is 1. The quantitative estimate of drug-likeness (QED) is 0.660. The molecule has 14 heavy (non-hydrogen) atoms. The molecule has 1 nitrogen and oxygen atoms in total. The third kappa shape index (κ3) is 1.15. The van der Waals surface area contributed by atoms with E-state index >= 15 is 0 Å². The largest absolute Gasteiger partial charge is 0.492 e. The highest BCUT2D eigenvalue weighted by molar-refractivity contribution is 5.48. The van der Waals surface area contributed by atoms with Gasteiger partial charge in [-0.05, 0) is 24.5 Å². The topological polar surface area (TPSA) is 9.23 Å². The van der Waals surface area contributed by atoms with Crippen LogP contribution in [-0.4, -0.2) is 6.61 Å². The van der Waals surface area contributed by atoms with Gasteiger partial charge in [0.05, 0.1) is 6.61 Å². The van der Waals surface area contributed by atoms with E-state index in [-0.39, 0.29) is 5.41 Å². The van der Waals surface area contributed by atoms with Gasteiger partial charge >= 0.3 is 0 Å². The highest BCUT2D eigenvalue weighted by Gasteiger charge is 2.39. The van der Waals surface area contributed by atoms with Crippen LogP contribution >= 0.6 is 0 Å². The van der Waals surface area contributed by atoms with E-state index in [1.807, 2.05) is 0 Å². The fourth-order valence-electron chi connectivity index (χ4n) is 2.25. The second kappa shape index (κ2) is 3.01. The average molecular weight is 190 g/mol. The summed E-state index contributed by atoms with van der Waals surface area (Å²) in [5.74, 6) is 1.70. The van der Waals surface area contributed by atoms with Crippen molar-refractivity contribution in [1.29, 1.82) is 0 Å². The number of aryl methyl sites for hydroxylation is 1. The third-order valence-electron chi connectivity index (χ3n) is 3.61. The van der Waals surface area contributed by atoms with Crippen molar-refractivity contribution in [1.82, 2.24) is 0 Å². The molecule has 0 saturated carbocycles. The van der Waals surface area contributed by atoms with Crippen LogP contribution in [0.5, 0.6) is 5.75 Å². The molecule has 0 aromatic heterocycles. The molecule has 1 heterocycles. The van der Waals surface area contributed by atoms with Crippen molar-refractivity contribution < 1.29 is 4.74 Å². The maximum Gasteiger partial charge on any atom is 0.123 e. The Morgan fingerprint density at radius 3 is 2.71 bits per heavy atom. The van der Waals surface area contributed by atoms with E-state index < -0.39 is 0 Å². The summed E-state index contributed by atoms with van der Waals surface area (Å²) in [6.45, 7) is 9.84. The Bertz CT molecular complexity index is 354. The molecule has 0 aliphatic carbocycles. The number of fused-ring (bicyclic) bond motifs is 1. The summed E-state index contributed by atoms with van der Waals surface area (Å²) >= 11 is 0. The van der Waals surface area contributed by atoms with E-state index in [1.54, 1.807) is 0 Å². The molecule has 0 fully saturated rings. The second-order valence-corrected chi connectivity index (χ2v) is 4.81. The van der Waals surface area contributed by atoms with Gasteiger partial charge in [-0.25, -0.2) is 0 Å². The molecule has 1 aliphatic rings. The maximum absolute atomic E-state index is 5.76. The normalized spacial score (nSPS) is 24.9. The van der Waals surface area contributed by atoms with Crippen molar-refractivity contribution in [3.05, 3.63) is 29.3 Å². The summed E-state index contributed by atoms with van der Waals surface area (Å²) in [5, 5.41) is 0. The summed E-state index contributed by atoms with van der Waals surface area (Å²) in [4.78, 5) is 0. The fourth-order valence-corrected chi connectivity index (χ4v) is 2.25. The van der Waals surface area contributed by atoms with Crippen molar-refractivity contribution in [3.63, 3.8) is 0 Å². The van der Waals surface area contributed by atoms with Gasteiger partial charge in [0.25, 0.3) is 0 Å². The van der Waals surface area contributed by atoms with Crippen molar-refractivity contribution in [3.8, 4) is 5.75 Å². The molecule has 1 aromatic rings. The summed E-state index contributed by atoms with van der Waals surface area (Å²) in [6, 6.07) is 6.32. The Morgan fingerprint density at radius 1 is 1.36 bits per heavy atom. The minimum absolute atomic E-state index is 0.195. The lowest BCUT2D eigenvalue weighted by molar-refractivity contribution is 0.230. The SMILES string of the molecule is Cc1cccc2c1C(C)(C(C)C)CO2. The molecule has 76 valence electrons.